The van der Waals surface area contributed by atoms with Crippen LogP contribution in [0.4, 0.5) is 0 Å². The Morgan fingerprint density at radius 1 is 1.10 bits per heavy atom. The van der Waals surface area contributed by atoms with E-state index < -0.39 is 0 Å². The Labute approximate surface area is 123 Å². The first-order valence-electron chi connectivity index (χ1n) is 8.11. The normalized spacial score (nSPS) is 23.2. The second-order valence-corrected chi connectivity index (χ2v) is 6.66. The van der Waals surface area contributed by atoms with Crippen molar-refractivity contribution in [1.29, 1.82) is 0 Å². The summed E-state index contributed by atoms with van der Waals surface area (Å²) in [5.74, 6) is 1.16. The van der Waals surface area contributed by atoms with E-state index in [1.165, 1.54) is 30.4 Å². The van der Waals surface area contributed by atoms with Gasteiger partial charge in [-0.15, -0.1) is 0 Å². The van der Waals surface area contributed by atoms with Gasteiger partial charge in [-0.05, 0) is 42.2 Å². The molecule has 112 valence electrons. The van der Waals surface area contributed by atoms with Gasteiger partial charge >= 0.3 is 0 Å². The van der Waals surface area contributed by atoms with Crippen molar-refractivity contribution in [2.75, 3.05) is 6.54 Å². The monoisotopic (exact) mass is 275 g/mol. The topological polar surface area (TPSA) is 32.3 Å². The third-order valence-corrected chi connectivity index (χ3v) is 4.27. The number of aliphatic hydroxyl groups is 1. The van der Waals surface area contributed by atoms with E-state index in [0.29, 0.717) is 11.8 Å². The molecule has 0 saturated heterocycles. The summed E-state index contributed by atoms with van der Waals surface area (Å²) in [6.07, 6.45) is 5.67. The maximum absolute atomic E-state index is 9.95. The van der Waals surface area contributed by atoms with Crippen molar-refractivity contribution in [2.24, 2.45) is 11.8 Å². The molecule has 0 radical (unpaired) electrons. The number of rotatable bonds is 6. The molecule has 1 aliphatic carbocycles. The van der Waals surface area contributed by atoms with Crippen LogP contribution in [0.5, 0.6) is 0 Å². The van der Waals surface area contributed by atoms with Crippen LogP contribution in [-0.4, -0.2) is 17.8 Å². The molecule has 2 unspecified atom stereocenters. The van der Waals surface area contributed by atoms with Crippen LogP contribution in [0.25, 0.3) is 0 Å². The molecule has 2 rings (SSSR count). The highest BCUT2D eigenvalue weighted by Gasteiger charge is 2.22. The average molecular weight is 275 g/mol. The number of aliphatic hydroxyl groups excluding tert-OH is 1. The molecule has 1 aromatic carbocycles. The summed E-state index contributed by atoms with van der Waals surface area (Å²) in [5, 5.41) is 13.4. The molecule has 0 aliphatic heterocycles. The first-order valence-corrected chi connectivity index (χ1v) is 8.11. The fraction of sp³-hybridized carbons (Fsp3) is 0.667. The van der Waals surface area contributed by atoms with Crippen LogP contribution in [-0.2, 0) is 13.0 Å². The van der Waals surface area contributed by atoms with Crippen LogP contribution in [0, 0.1) is 11.8 Å². The summed E-state index contributed by atoms with van der Waals surface area (Å²) in [6.45, 7) is 6.36. The van der Waals surface area contributed by atoms with E-state index in [-0.39, 0.29) is 6.10 Å². The van der Waals surface area contributed by atoms with Crippen LogP contribution in [0.3, 0.4) is 0 Å². The Balaban J connectivity index is 1.73. The van der Waals surface area contributed by atoms with Gasteiger partial charge in [0, 0.05) is 13.1 Å². The standard InChI is InChI=1S/C18H29NO/c1-14(2)11-15-7-9-16(10-8-15)12-19-13-17-5-3-4-6-18(17)20/h7-10,14,17-20H,3-6,11-13H2,1-2H3. The largest absolute Gasteiger partial charge is 0.393 e. The SMILES string of the molecule is CC(C)Cc1ccc(CNCC2CCCCC2O)cc1. The molecule has 0 bridgehead atoms. The number of nitrogens with one attached hydrogen (secondary N) is 1. The molecule has 1 aromatic rings. The third kappa shape index (κ3) is 4.92. The molecule has 0 heterocycles. The molecule has 2 nitrogen and oxygen atoms in total. The van der Waals surface area contributed by atoms with E-state index in [1.807, 2.05) is 0 Å². The van der Waals surface area contributed by atoms with Crippen LogP contribution in [0.15, 0.2) is 24.3 Å². The van der Waals surface area contributed by atoms with Crippen molar-refractivity contribution in [1.82, 2.24) is 5.32 Å². The van der Waals surface area contributed by atoms with Gasteiger partial charge in [-0.1, -0.05) is 51.0 Å². The smallest absolute Gasteiger partial charge is 0.0580 e. The van der Waals surface area contributed by atoms with E-state index in [4.69, 9.17) is 0 Å². The van der Waals surface area contributed by atoms with Crippen molar-refractivity contribution in [3.8, 4) is 0 Å². The number of hydrogen-bond acceptors (Lipinski definition) is 2. The van der Waals surface area contributed by atoms with Gasteiger partial charge in [-0.25, -0.2) is 0 Å². The predicted molar refractivity (Wildman–Crippen MR) is 84.7 cm³/mol. The van der Waals surface area contributed by atoms with Crippen molar-refractivity contribution in [2.45, 2.75) is 58.6 Å². The van der Waals surface area contributed by atoms with E-state index in [1.54, 1.807) is 0 Å². The minimum absolute atomic E-state index is 0.0929. The molecular formula is C18H29NO. The Kier molecular flexibility index (Phi) is 6.06. The Morgan fingerprint density at radius 3 is 2.40 bits per heavy atom. The fourth-order valence-electron chi connectivity index (χ4n) is 3.09. The highest BCUT2D eigenvalue weighted by atomic mass is 16.3. The van der Waals surface area contributed by atoms with Crippen molar-refractivity contribution in [3.05, 3.63) is 35.4 Å². The molecule has 0 amide bonds. The second kappa shape index (κ2) is 7.80. The van der Waals surface area contributed by atoms with Gasteiger partial charge in [0.2, 0.25) is 0 Å². The summed E-state index contributed by atoms with van der Waals surface area (Å²) in [6, 6.07) is 8.93. The molecular weight excluding hydrogens is 246 g/mol. The summed E-state index contributed by atoms with van der Waals surface area (Å²) in [4.78, 5) is 0. The van der Waals surface area contributed by atoms with Gasteiger partial charge in [-0.3, -0.25) is 0 Å². The Bertz CT molecular complexity index is 385. The molecule has 1 saturated carbocycles. The van der Waals surface area contributed by atoms with E-state index in [0.717, 1.165) is 25.9 Å². The van der Waals surface area contributed by atoms with Gasteiger partial charge in [0.15, 0.2) is 0 Å². The minimum Gasteiger partial charge on any atom is -0.393 e. The Morgan fingerprint density at radius 2 is 1.75 bits per heavy atom. The molecule has 2 heteroatoms. The van der Waals surface area contributed by atoms with Crippen molar-refractivity contribution >= 4 is 0 Å². The van der Waals surface area contributed by atoms with Gasteiger partial charge < -0.3 is 10.4 Å². The summed E-state index contributed by atoms with van der Waals surface area (Å²) in [5.41, 5.74) is 2.76. The molecule has 2 atom stereocenters. The third-order valence-electron chi connectivity index (χ3n) is 4.27. The van der Waals surface area contributed by atoms with E-state index >= 15 is 0 Å². The first-order chi connectivity index (χ1) is 9.65. The molecule has 0 aromatic heterocycles. The van der Waals surface area contributed by atoms with Crippen LogP contribution >= 0.6 is 0 Å². The van der Waals surface area contributed by atoms with Gasteiger partial charge in [-0.2, -0.15) is 0 Å². The molecule has 2 N–H and O–H groups in total. The lowest BCUT2D eigenvalue weighted by Gasteiger charge is -2.27. The lowest BCUT2D eigenvalue weighted by atomic mass is 9.86. The van der Waals surface area contributed by atoms with Crippen LogP contribution in [0.1, 0.15) is 50.7 Å². The predicted octanol–water partition coefficient (Wildman–Crippen LogP) is 3.53. The first kappa shape index (κ1) is 15.5. The van der Waals surface area contributed by atoms with Gasteiger partial charge in [0.25, 0.3) is 0 Å². The zero-order valence-electron chi connectivity index (χ0n) is 12.9. The second-order valence-electron chi connectivity index (χ2n) is 6.66. The quantitative estimate of drug-likeness (QED) is 0.832. The summed E-state index contributed by atoms with van der Waals surface area (Å²) < 4.78 is 0. The molecule has 1 aliphatic rings. The van der Waals surface area contributed by atoms with Gasteiger partial charge in [0.05, 0.1) is 6.10 Å². The van der Waals surface area contributed by atoms with Crippen LogP contribution < -0.4 is 5.32 Å². The van der Waals surface area contributed by atoms with E-state index in [2.05, 4.69) is 43.4 Å². The summed E-state index contributed by atoms with van der Waals surface area (Å²) >= 11 is 0. The highest BCUT2D eigenvalue weighted by molar-refractivity contribution is 5.22. The molecule has 0 spiro atoms. The maximum Gasteiger partial charge on any atom is 0.0580 e. The fourth-order valence-corrected chi connectivity index (χ4v) is 3.09. The summed E-state index contributed by atoms with van der Waals surface area (Å²) in [7, 11) is 0. The van der Waals surface area contributed by atoms with Crippen molar-refractivity contribution in [3.63, 3.8) is 0 Å². The zero-order valence-corrected chi connectivity index (χ0v) is 12.9. The molecule has 1 fully saturated rings. The van der Waals surface area contributed by atoms with Gasteiger partial charge in [0.1, 0.15) is 0 Å². The lowest BCUT2D eigenvalue weighted by Crippen LogP contribution is -2.33. The van der Waals surface area contributed by atoms with Crippen LogP contribution in [0.2, 0.25) is 0 Å². The lowest BCUT2D eigenvalue weighted by molar-refractivity contribution is 0.0695. The number of benzene rings is 1. The highest BCUT2D eigenvalue weighted by Crippen LogP contribution is 2.23. The van der Waals surface area contributed by atoms with Crippen molar-refractivity contribution < 1.29 is 5.11 Å². The number of hydrogen-bond donors (Lipinski definition) is 2. The Hall–Kier alpha value is -0.860. The van der Waals surface area contributed by atoms with E-state index in [9.17, 15) is 5.11 Å². The average Bonchev–Trinajstić information content (AvgIpc) is 2.42. The maximum atomic E-state index is 9.95. The molecule has 20 heavy (non-hydrogen) atoms. The zero-order chi connectivity index (χ0) is 14.4. The minimum atomic E-state index is -0.0929.